The molecule has 18 heavy (non-hydrogen) atoms. The van der Waals surface area contributed by atoms with Gasteiger partial charge in [0, 0.05) is 23.7 Å². The van der Waals surface area contributed by atoms with E-state index in [2.05, 4.69) is 5.43 Å². The number of methoxy groups -OCH3 is 1. The molecule has 5 heteroatoms. The first-order chi connectivity index (χ1) is 8.39. The highest BCUT2D eigenvalue weighted by atomic mass is 35.5. The van der Waals surface area contributed by atoms with Crippen molar-refractivity contribution in [2.24, 2.45) is 5.84 Å². The summed E-state index contributed by atoms with van der Waals surface area (Å²) in [4.78, 5) is 0. The Morgan fingerprint density at radius 1 is 1.50 bits per heavy atom. The van der Waals surface area contributed by atoms with Crippen molar-refractivity contribution in [1.29, 1.82) is 0 Å². The van der Waals surface area contributed by atoms with E-state index < -0.39 is 0 Å². The van der Waals surface area contributed by atoms with Crippen LogP contribution >= 0.6 is 11.6 Å². The Hall–Kier alpha value is -0.680. The lowest BCUT2D eigenvalue weighted by Crippen LogP contribution is -2.31. The second kappa shape index (κ2) is 6.48. The summed E-state index contributed by atoms with van der Waals surface area (Å²) < 4.78 is 19.1. The minimum Gasteiger partial charge on any atom is -0.379 e. The molecule has 1 rings (SSSR count). The van der Waals surface area contributed by atoms with E-state index in [1.807, 2.05) is 13.8 Å². The first-order valence-corrected chi connectivity index (χ1v) is 6.23. The third-order valence-electron chi connectivity index (χ3n) is 3.13. The summed E-state index contributed by atoms with van der Waals surface area (Å²) in [6.07, 6.45) is 1.44. The lowest BCUT2D eigenvalue weighted by Gasteiger charge is -2.26. The van der Waals surface area contributed by atoms with Gasteiger partial charge in [-0.15, -0.1) is 0 Å². The first kappa shape index (κ1) is 15.4. The quantitative estimate of drug-likeness (QED) is 0.619. The fourth-order valence-corrected chi connectivity index (χ4v) is 1.87. The van der Waals surface area contributed by atoms with Gasteiger partial charge in [-0.3, -0.25) is 11.3 Å². The smallest absolute Gasteiger partial charge is 0.129 e. The lowest BCUT2D eigenvalue weighted by molar-refractivity contribution is 0.0116. The highest BCUT2D eigenvalue weighted by Crippen LogP contribution is 2.27. The van der Waals surface area contributed by atoms with E-state index in [4.69, 9.17) is 22.2 Å². The second-order valence-corrected chi connectivity index (χ2v) is 5.32. The van der Waals surface area contributed by atoms with E-state index in [1.54, 1.807) is 19.2 Å². The van der Waals surface area contributed by atoms with Crippen molar-refractivity contribution in [2.75, 3.05) is 7.11 Å². The summed E-state index contributed by atoms with van der Waals surface area (Å²) in [5, 5.41) is 0.379. The lowest BCUT2D eigenvalue weighted by atomic mass is 9.95. The van der Waals surface area contributed by atoms with Crippen LogP contribution in [-0.4, -0.2) is 12.7 Å². The van der Waals surface area contributed by atoms with Gasteiger partial charge in [-0.2, -0.15) is 0 Å². The highest BCUT2D eigenvalue weighted by molar-refractivity contribution is 6.30. The molecule has 1 atom stereocenters. The SMILES string of the molecule is COC(C)(C)CCC(NN)c1ccc(Cl)cc1F. The molecular weight excluding hydrogens is 255 g/mol. The predicted octanol–water partition coefficient (Wildman–Crippen LogP) is 3.19. The molecule has 0 bridgehead atoms. The maximum atomic E-state index is 13.8. The number of hydrogen-bond donors (Lipinski definition) is 2. The molecule has 0 aliphatic rings. The largest absolute Gasteiger partial charge is 0.379 e. The zero-order chi connectivity index (χ0) is 13.8. The average molecular weight is 275 g/mol. The summed E-state index contributed by atoms with van der Waals surface area (Å²) >= 11 is 5.73. The molecule has 0 saturated carbocycles. The Labute approximate surface area is 112 Å². The van der Waals surface area contributed by atoms with Crippen LogP contribution in [0.15, 0.2) is 18.2 Å². The van der Waals surface area contributed by atoms with Crippen molar-refractivity contribution in [2.45, 2.75) is 38.3 Å². The molecule has 0 heterocycles. The molecule has 3 N–H and O–H groups in total. The predicted molar refractivity (Wildman–Crippen MR) is 71.8 cm³/mol. The molecule has 0 radical (unpaired) electrons. The summed E-state index contributed by atoms with van der Waals surface area (Å²) in [6.45, 7) is 3.97. The molecule has 102 valence electrons. The van der Waals surface area contributed by atoms with Crippen molar-refractivity contribution >= 4 is 11.6 Å². The Morgan fingerprint density at radius 2 is 2.17 bits per heavy atom. The van der Waals surface area contributed by atoms with E-state index in [0.717, 1.165) is 6.42 Å². The van der Waals surface area contributed by atoms with Crippen LogP contribution in [0.2, 0.25) is 5.02 Å². The normalized spacial score (nSPS) is 13.7. The molecule has 0 aromatic heterocycles. The molecule has 1 aromatic rings. The fourth-order valence-electron chi connectivity index (χ4n) is 1.71. The van der Waals surface area contributed by atoms with E-state index >= 15 is 0 Å². The standard InChI is InChI=1S/C13H20ClFN2O/c1-13(2,18-3)7-6-12(17-16)10-5-4-9(14)8-11(10)15/h4-5,8,12,17H,6-7,16H2,1-3H3. The summed E-state index contributed by atoms with van der Waals surface area (Å²) in [6, 6.07) is 4.35. The van der Waals surface area contributed by atoms with Gasteiger partial charge in [-0.25, -0.2) is 4.39 Å². The average Bonchev–Trinajstić information content (AvgIpc) is 2.32. The highest BCUT2D eigenvalue weighted by Gasteiger charge is 2.21. The topological polar surface area (TPSA) is 47.3 Å². The van der Waals surface area contributed by atoms with Gasteiger partial charge < -0.3 is 4.74 Å². The third-order valence-corrected chi connectivity index (χ3v) is 3.36. The van der Waals surface area contributed by atoms with Crippen LogP contribution in [0.4, 0.5) is 4.39 Å². The summed E-state index contributed by atoms with van der Waals surface area (Å²) in [7, 11) is 1.66. The Bertz CT molecular complexity index is 399. The number of nitrogens with two attached hydrogens (primary N) is 1. The zero-order valence-electron chi connectivity index (χ0n) is 11.0. The number of hydrogen-bond acceptors (Lipinski definition) is 3. The van der Waals surface area contributed by atoms with Gasteiger partial charge in [0.15, 0.2) is 0 Å². The van der Waals surface area contributed by atoms with Gasteiger partial charge in [0.05, 0.1) is 5.60 Å². The van der Waals surface area contributed by atoms with E-state index in [0.29, 0.717) is 17.0 Å². The van der Waals surface area contributed by atoms with Crippen molar-refractivity contribution < 1.29 is 9.13 Å². The molecule has 0 aliphatic carbocycles. The number of halogens is 2. The van der Waals surface area contributed by atoms with Gasteiger partial charge in [0.1, 0.15) is 5.82 Å². The van der Waals surface area contributed by atoms with Crippen LogP contribution in [0.25, 0.3) is 0 Å². The van der Waals surface area contributed by atoms with Crippen molar-refractivity contribution in [1.82, 2.24) is 5.43 Å². The van der Waals surface area contributed by atoms with Crippen molar-refractivity contribution in [3.05, 3.63) is 34.6 Å². The number of hydrazine groups is 1. The van der Waals surface area contributed by atoms with Gasteiger partial charge >= 0.3 is 0 Å². The van der Waals surface area contributed by atoms with Crippen molar-refractivity contribution in [3.8, 4) is 0 Å². The molecule has 1 aromatic carbocycles. The number of ether oxygens (including phenoxy) is 1. The molecule has 0 fully saturated rings. The fraction of sp³-hybridized carbons (Fsp3) is 0.538. The molecule has 0 saturated heterocycles. The zero-order valence-corrected chi connectivity index (χ0v) is 11.7. The molecular formula is C13H20ClFN2O. The monoisotopic (exact) mass is 274 g/mol. The first-order valence-electron chi connectivity index (χ1n) is 5.86. The number of nitrogens with one attached hydrogen (secondary N) is 1. The van der Waals surface area contributed by atoms with Crippen LogP contribution in [0, 0.1) is 5.82 Å². The second-order valence-electron chi connectivity index (χ2n) is 4.89. The third kappa shape index (κ3) is 4.21. The van der Waals surface area contributed by atoms with Crippen LogP contribution < -0.4 is 11.3 Å². The van der Waals surface area contributed by atoms with E-state index in [9.17, 15) is 4.39 Å². The molecule has 0 spiro atoms. The molecule has 3 nitrogen and oxygen atoms in total. The summed E-state index contributed by atoms with van der Waals surface area (Å²) in [5.74, 6) is 5.15. The van der Waals surface area contributed by atoms with Crippen molar-refractivity contribution in [3.63, 3.8) is 0 Å². The van der Waals surface area contributed by atoms with Crippen LogP contribution in [-0.2, 0) is 4.74 Å². The Balaban J connectivity index is 2.77. The van der Waals surface area contributed by atoms with Gasteiger partial charge in [-0.1, -0.05) is 17.7 Å². The molecule has 1 unspecified atom stereocenters. The Morgan fingerprint density at radius 3 is 2.67 bits per heavy atom. The maximum absolute atomic E-state index is 13.8. The van der Waals surface area contributed by atoms with Gasteiger partial charge in [-0.05, 0) is 38.8 Å². The number of benzene rings is 1. The van der Waals surface area contributed by atoms with E-state index in [-0.39, 0.29) is 17.5 Å². The van der Waals surface area contributed by atoms with Gasteiger partial charge in [0.25, 0.3) is 0 Å². The maximum Gasteiger partial charge on any atom is 0.129 e. The van der Waals surface area contributed by atoms with Crippen LogP contribution in [0.5, 0.6) is 0 Å². The molecule has 0 aliphatic heterocycles. The van der Waals surface area contributed by atoms with Crippen LogP contribution in [0.1, 0.15) is 38.3 Å². The minimum absolute atomic E-state index is 0.252. The summed E-state index contributed by atoms with van der Waals surface area (Å²) in [5.41, 5.74) is 2.91. The van der Waals surface area contributed by atoms with Crippen LogP contribution in [0.3, 0.4) is 0 Å². The molecule has 0 amide bonds. The minimum atomic E-state index is -0.347. The van der Waals surface area contributed by atoms with E-state index in [1.165, 1.54) is 6.07 Å². The number of rotatable bonds is 6. The van der Waals surface area contributed by atoms with Gasteiger partial charge in [0.2, 0.25) is 0 Å². The Kier molecular flexibility index (Phi) is 5.53.